The summed E-state index contributed by atoms with van der Waals surface area (Å²) >= 11 is 3.19. The van der Waals surface area contributed by atoms with Crippen LogP contribution in [-0.2, 0) is 0 Å². The van der Waals surface area contributed by atoms with Crippen molar-refractivity contribution in [3.63, 3.8) is 0 Å². The highest BCUT2D eigenvalue weighted by Crippen LogP contribution is 2.16. The Morgan fingerprint density at radius 1 is 1.29 bits per heavy atom. The van der Waals surface area contributed by atoms with Crippen LogP contribution in [0.1, 0.15) is 16.8 Å². The molecule has 0 radical (unpaired) electrons. The second-order valence-electron chi connectivity index (χ2n) is 3.51. The molecule has 94 valence electrons. The maximum absolute atomic E-state index is 13.3. The topological polar surface area (TPSA) is 20.3 Å². The Kier molecular flexibility index (Phi) is 4.99. The number of hydrogen-bond donors (Lipinski definition) is 0. The van der Waals surface area contributed by atoms with E-state index < -0.39 is 28.9 Å². The first-order valence-corrected chi connectivity index (χ1v) is 6.05. The second kappa shape index (κ2) is 6.05. The minimum Gasteiger partial charge on any atom is -0.341 e. The van der Waals surface area contributed by atoms with Crippen LogP contribution in [0.4, 0.5) is 13.2 Å². The van der Waals surface area contributed by atoms with Gasteiger partial charge in [0.05, 0.1) is 0 Å². The molecule has 0 atom stereocenters. The first kappa shape index (κ1) is 14.0. The molecule has 0 saturated heterocycles. The smallest absolute Gasteiger partial charge is 0.259 e. The summed E-state index contributed by atoms with van der Waals surface area (Å²) in [7, 11) is 1.44. The number of alkyl halides is 1. The Morgan fingerprint density at radius 2 is 1.82 bits per heavy atom. The molecule has 17 heavy (non-hydrogen) atoms. The predicted octanol–water partition coefficient (Wildman–Crippen LogP) is 2.96. The molecule has 6 heteroatoms. The van der Waals surface area contributed by atoms with Gasteiger partial charge in [-0.05, 0) is 6.42 Å². The lowest BCUT2D eigenvalue weighted by Gasteiger charge is -2.17. The molecule has 1 aromatic rings. The van der Waals surface area contributed by atoms with Gasteiger partial charge in [0.1, 0.15) is 23.0 Å². The zero-order valence-electron chi connectivity index (χ0n) is 9.14. The van der Waals surface area contributed by atoms with E-state index in [1.165, 1.54) is 11.9 Å². The van der Waals surface area contributed by atoms with Crippen LogP contribution in [0.15, 0.2) is 12.1 Å². The summed E-state index contributed by atoms with van der Waals surface area (Å²) in [6, 6.07) is 0.989. The highest BCUT2D eigenvalue weighted by atomic mass is 79.9. The molecule has 0 heterocycles. The van der Waals surface area contributed by atoms with E-state index in [1.807, 2.05) is 0 Å². The van der Waals surface area contributed by atoms with Gasteiger partial charge in [0.2, 0.25) is 0 Å². The van der Waals surface area contributed by atoms with Crippen molar-refractivity contribution in [3.8, 4) is 0 Å². The highest BCUT2D eigenvalue weighted by molar-refractivity contribution is 9.09. The van der Waals surface area contributed by atoms with Gasteiger partial charge in [-0.3, -0.25) is 4.79 Å². The van der Waals surface area contributed by atoms with E-state index in [0.717, 1.165) is 0 Å². The molecule has 0 aliphatic carbocycles. The third kappa shape index (κ3) is 3.46. The molecule has 0 aliphatic rings. The molecule has 0 saturated carbocycles. The molecule has 0 aliphatic heterocycles. The number of carbonyl (C=O) groups is 1. The van der Waals surface area contributed by atoms with Crippen molar-refractivity contribution in [2.24, 2.45) is 0 Å². The number of nitrogens with zero attached hydrogens (tertiary/aromatic N) is 1. The van der Waals surface area contributed by atoms with Crippen LogP contribution in [0.2, 0.25) is 0 Å². The van der Waals surface area contributed by atoms with Gasteiger partial charge < -0.3 is 4.90 Å². The first-order valence-electron chi connectivity index (χ1n) is 4.93. The largest absolute Gasteiger partial charge is 0.341 e. The molecule has 0 aromatic heterocycles. The lowest BCUT2D eigenvalue weighted by Crippen LogP contribution is -2.29. The van der Waals surface area contributed by atoms with Crippen LogP contribution in [0.5, 0.6) is 0 Å². The average Bonchev–Trinajstić information content (AvgIpc) is 2.24. The van der Waals surface area contributed by atoms with Gasteiger partial charge in [-0.25, -0.2) is 13.2 Å². The fourth-order valence-electron chi connectivity index (χ4n) is 1.34. The van der Waals surface area contributed by atoms with Crippen molar-refractivity contribution in [3.05, 3.63) is 35.1 Å². The summed E-state index contributed by atoms with van der Waals surface area (Å²) in [6.07, 6.45) is 0.659. The molecule has 0 spiro atoms. The van der Waals surface area contributed by atoms with Crippen molar-refractivity contribution in [1.82, 2.24) is 4.90 Å². The lowest BCUT2D eigenvalue weighted by molar-refractivity contribution is 0.0786. The minimum absolute atomic E-state index is 0.361. The summed E-state index contributed by atoms with van der Waals surface area (Å²) in [5.41, 5.74) is -0.719. The summed E-state index contributed by atoms with van der Waals surface area (Å²) in [6.45, 7) is 0.361. The van der Waals surface area contributed by atoms with E-state index in [9.17, 15) is 18.0 Å². The Bertz CT molecular complexity index is 402. The molecular weight excluding hydrogens is 299 g/mol. The van der Waals surface area contributed by atoms with Gasteiger partial charge in [0.25, 0.3) is 5.91 Å². The number of rotatable bonds is 4. The maximum Gasteiger partial charge on any atom is 0.259 e. The van der Waals surface area contributed by atoms with E-state index >= 15 is 0 Å². The SMILES string of the molecule is CN(CCCBr)C(=O)c1c(F)cc(F)cc1F. The van der Waals surface area contributed by atoms with E-state index in [0.29, 0.717) is 30.4 Å². The summed E-state index contributed by atoms with van der Waals surface area (Å²) in [4.78, 5) is 12.9. The fraction of sp³-hybridized carbons (Fsp3) is 0.364. The van der Waals surface area contributed by atoms with Gasteiger partial charge in [0, 0.05) is 31.1 Å². The van der Waals surface area contributed by atoms with Gasteiger partial charge in [-0.15, -0.1) is 0 Å². The number of halogens is 4. The summed E-state index contributed by atoms with van der Waals surface area (Å²) in [5, 5.41) is 0.680. The van der Waals surface area contributed by atoms with Gasteiger partial charge in [-0.2, -0.15) is 0 Å². The third-order valence-electron chi connectivity index (χ3n) is 2.19. The van der Waals surface area contributed by atoms with Crippen LogP contribution >= 0.6 is 15.9 Å². The van der Waals surface area contributed by atoms with E-state index in [4.69, 9.17) is 0 Å². The Labute approximate surface area is 106 Å². The average molecular weight is 310 g/mol. The predicted molar refractivity (Wildman–Crippen MR) is 61.7 cm³/mol. The molecule has 1 rings (SSSR count). The normalized spacial score (nSPS) is 10.4. The lowest BCUT2D eigenvalue weighted by atomic mass is 10.1. The van der Waals surface area contributed by atoms with Crippen LogP contribution in [0.25, 0.3) is 0 Å². The maximum atomic E-state index is 13.3. The van der Waals surface area contributed by atoms with E-state index in [-0.39, 0.29) is 0 Å². The number of amides is 1. The van der Waals surface area contributed by atoms with Crippen LogP contribution in [0.3, 0.4) is 0 Å². The summed E-state index contributed by atoms with van der Waals surface area (Å²) < 4.78 is 39.3. The number of benzene rings is 1. The fourth-order valence-corrected chi connectivity index (χ4v) is 1.59. The monoisotopic (exact) mass is 309 g/mol. The Hall–Kier alpha value is -1.04. The second-order valence-corrected chi connectivity index (χ2v) is 4.31. The van der Waals surface area contributed by atoms with Crippen LogP contribution < -0.4 is 0 Å². The standard InChI is InChI=1S/C11H11BrF3NO/c1-16(4-2-3-12)11(17)10-8(14)5-7(13)6-9(10)15/h5-6H,2-4H2,1H3. The molecule has 1 aromatic carbocycles. The van der Waals surface area contributed by atoms with E-state index in [1.54, 1.807) is 0 Å². The summed E-state index contributed by atoms with van der Waals surface area (Å²) in [5.74, 6) is -4.20. The third-order valence-corrected chi connectivity index (χ3v) is 2.76. The number of hydrogen-bond acceptors (Lipinski definition) is 1. The molecule has 0 unspecified atom stereocenters. The quantitative estimate of drug-likeness (QED) is 0.783. The zero-order valence-corrected chi connectivity index (χ0v) is 10.7. The van der Waals surface area contributed by atoms with Gasteiger partial charge in [0.15, 0.2) is 0 Å². The molecular formula is C11H11BrF3NO. The van der Waals surface area contributed by atoms with Gasteiger partial charge >= 0.3 is 0 Å². The van der Waals surface area contributed by atoms with Crippen molar-refractivity contribution >= 4 is 21.8 Å². The number of carbonyl (C=O) groups excluding carboxylic acids is 1. The minimum atomic E-state index is -1.18. The molecule has 0 fully saturated rings. The van der Waals surface area contributed by atoms with Crippen molar-refractivity contribution in [2.75, 3.05) is 18.9 Å². The molecule has 2 nitrogen and oxygen atoms in total. The molecule has 0 bridgehead atoms. The van der Waals surface area contributed by atoms with E-state index in [2.05, 4.69) is 15.9 Å². The van der Waals surface area contributed by atoms with Crippen molar-refractivity contribution in [1.29, 1.82) is 0 Å². The highest BCUT2D eigenvalue weighted by Gasteiger charge is 2.21. The zero-order chi connectivity index (χ0) is 13.0. The van der Waals surface area contributed by atoms with Crippen molar-refractivity contribution in [2.45, 2.75) is 6.42 Å². The van der Waals surface area contributed by atoms with Crippen LogP contribution in [-0.4, -0.2) is 29.7 Å². The Morgan fingerprint density at radius 3 is 2.29 bits per heavy atom. The molecule has 1 amide bonds. The molecule has 0 N–H and O–H groups in total. The van der Waals surface area contributed by atoms with Gasteiger partial charge in [-0.1, -0.05) is 15.9 Å². The van der Waals surface area contributed by atoms with Crippen LogP contribution in [0, 0.1) is 17.5 Å². The first-order chi connectivity index (χ1) is 7.97. The Balaban J connectivity index is 2.96. The van der Waals surface area contributed by atoms with Crippen molar-refractivity contribution < 1.29 is 18.0 Å².